The zero-order chi connectivity index (χ0) is 18.7. The molecule has 7 heteroatoms. The number of likely N-dealkylation sites (tertiary alicyclic amines) is 1. The maximum absolute atomic E-state index is 13.8. The molecular weight excluding hydrogens is 337 g/mol. The SMILES string of the molecule is Cc1ccc(C(=O)N2CCC[C@@H]2COc2cccnc2C(N)=O)cc1F. The van der Waals surface area contributed by atoms with Crippen molar-refractivity contribution in [1.29, 1.82) is 0 Å². The standard InChI is InChI=1S/C19H20FN3O3/c1-12-6-7-13(10-15(12)20)19(25)23-9-3-4-14(23)11-26-16-5-2-8-22-17(16)18(21)24/h2,5-8,10,14H,3-4,9,11H2,1H3,(H2,21,24)/t14-/m1/s1. The van der Waals surface area contributed by atoms with E-state index < -0.39 is 11.7 Å². The molecule has 0 spiro atoms. The Morgan fingerprint density at radius 2 is 2.19 bits per heavy atom. The van der Waals surface area contributed by atoms with Gasteiger partial charge in [0.15, 0.2) is 11.4 Å². The number of primary amides is 1. The molecule has 2 N–H and O–H groups in total. The largest absolute Gasteiger partial charge is 0.489 e. The van der Waals surface area contributed by atoms with E-state index in [0.717, 1.165) is 12.8 Å². The fourth-order valence-electron chi connectivity index (χ4n) is 3.05. The van der Waals surface area contributed by atoms with Gasteiger partial charge >= 0.3 is 0 Å². The van der Waals surface area contributed by atoms with E-state index in [4.69, 9.17) is 10.5 Å². The number of carbonyl (C=O) groups excluding carboxylic acids is 2. The zero-order valence-corrected chi connectivity index (χ0v) is 14.4. The van der Waals surface area contributed by atoms with E-state index in [0.29, 0.717) is 23.4 Å². The lowest BCUT2D eigenvalue weighted by molar-refractivity contribution is 0.0688. The number of rotatable bonds is 5. The summed E-state index contributed by atoms with van der Waals surface area (Å²) in [5, 5.41) is 0. The van der Waals surface area contributed by atoms with E-state index in [2.05, 4.69) is 4.98 Å². The molecular formula is C19H20FN3O3. The molecule has 2 aromatic rings. The first-order valence-corrected chi connectivity index (χ1v) is 8.42. The number of benzene rings is 1. The van der Waals surface area contributed by atoms with E-state index in [1.165, 1.54) is 12.3 Å². The van der Waals surface area contributed by atoms with E-state index in [1.807, 2.05) is 0 Å². The van der Waals surface area contributed by atoms with Crippen molar-refractivity contribution in [2.24, 2.45) is 5.73 Å². The minimum atomic E-state index is -0.671. The topological polar surface area (TPSA) is 85.5 Å². The summed E-state index contributed by atoms with van der Waals surface area (Å²) in [6.45, 7) is 2.45. The summed E-state index contributed by atoms with van der Waals surface area (Å²) in [5.41, 5.74) is 6.17. The highest BCUT2D eigenvalue weighted by Crippen LogP contribution is 2.23. The quantitative estimate of drug-likeness (QED) is 0.890. The van der Waals surface area contributed by atoms with Crippen molar-refractivity contribution in [1.82, 2.24) is 9.88 Å². The number of aryl methyl sites for hydroxylation is 1. The molecule has 0 bridgehead atoms. The Hall–Kier alpha value is -2.96. The van der Waals surface area contributed by atoms with Crippen LogP contribution in [0.2, 0.25) is 0 Å². The molecule has 3 rings (SSSR count). The van der Waals surface area contributed by atoms with Crippen LogP contribution in [0.3, 0.4) is 0 Å². The first-order chi connectivity index (χ1) is 12.5. The third kappa shape index (κ3) is 3.66. The fraction of sp³-hybridized carbons (Fsp3) is 0.316. The lowest BCUT2D eigenvalue weighted by Gasteiger charge is -2.25. The Labute approximate surface area is 150 Å². The summed E-state index contributed by atoms with van der Waals surface area (Å²) in [7, 11) is 0. The average Bonchev–Trinajstić information content (AvgIpc) is 3.10. The van der Waals surface area contributed by atoms with Crippen LogP contribution in [-0.4, -0.2) is 40.9 Å². The monoisotopic (exact) mass is 357 g/mol. The number of aromatic nitrogens is 1. The van der Waals surface area contributed by atoms with Crippen molar-refractivity contribution in [2.75, 3.05) is 13.2 Å². The molecule has 0 unspecified atom stereocenters. The third-order valence-electron chi connectivity index (χ3n) is 4.49. The van der Waals surface area contributed by atoms with E-state index in [-0.39, 0.29) is 24.2 Å². The second-order valence-corrected chi connectivity index (χ2v) is 6.28. The fourth-order valence-corrected chi connectivity index (χ4v) is 3.05. The number of hydrogen-bond acceptors (Lipinski definition) is 4. The Morgan fingerprint density at radius 3 is 2.92 bits per heavy atom. The summed E-state index contributed by atoms with van der Waals surface area (Å²) >= 11 is 0. The molecule has 1 aliphatic rings. The van der Waals surface area contributed by atoms with Crippen LogP contribution in [0, 0.1) is 12.7 Å². The molecule has 2 amide bonds. The third-order valence-corrected chi connectivity index (χ3v) is 4.49. The van der Waals surface area contributed by atoms with Gasteiger partial charge < -0.3 is 15.4 Å². The molecule has 1 atom stereocenters. The van der Waals surface area contributed by atoms with Crippen LogP contribution in [0.25, 0.3) is 0 Å². The molecule has 0 radical (unpaired) electrons. The number of amides is 2. The summed E-state index contributed by atoms with van der Waals surface area (Å²) in [4.78, 5) is 29.7. The Balaban J connectivity index is 1.71. The molecule has 1 aliphatic heterocycles. The van der Waals surface area contributed by atoms with Crippen LogP contribution < -0.4 is 10.5 Å². The number of nitrogens with two attached hydrogens (primary N) is 1. The number of ether oxygens (including phenoxy) is 1. The average molecular weight is 357 g/mol. The maximum atomic E-state index is 13.8. The first-order valence-electron chi connectivity index (χ1n) is 8.42. The summed E-state index contributed by atoms with van der Waals surface area (Å²) in [6, 6.07) is 7.59. The van der Waals surface area contributed by atoms with E-state index >= 15 is 0 Å². The molecule has 0 saturated carbocycles. The second kappa shape index (κ2) is 7.51. The van der Waals surface area contributed by atoms with Crippen LogP contribution in [-0.2, 0) is 0 Å². The Kier molecular flexibility index (Phi) is 5.16. The van der Waals surface area contributed by atoms with Crippen molar-refractivity contribution in [3.05, 3.63) is 59.2 Å². The van der Waals surface area contributed by atoms with Gasteiger partial charge in [-0.2, -0.15) is 0 Å². The lowest BCUT2D eigenvalue weighted by Crippen LogP contribution is -2.39. The molecule has 6 nitrogen and oxygen atoms in total. The van der Waals surface area contributed by atoms with Gasteiger partial charge in [0.05, 0.1) is 6.04 Å². The van der Waals surface area contributed by atoms with Crippen molar-refractivity contribution in [2.45, 2.75) is 25.8 Å². The molecule has 136 valence electrons. The smallest absolute Gasteiger partial charge is 0.271 e. The van der Waals surface area contributed by atoms with Crippen LogP contribution in [0.4, 0.5) is 4.39 Å². The van der Waals surface area contributed by atoms with Gasteiger partial charge in [0.25, 0.3) is 11.8 Å². The lowest BCUT2D eigenvalue weighted by atomic mass is 10.1. The highest BCUT2D eigenvalue weighted by Gasteiger charge is 2.30. The molecule has 1 aromatic carbocycles. The Bertz CT molecular complexity index is 841. The molecule has 1 fully saturated rings. The van der Waals surface area contributed by atoms with Gasteiger partial charge in [0.1, 0.15) is 12.4 Å². The highest BCUT2D eigenvalue weighted by atomic mass is 19.1. The minimum absolute atomic E-state index is 0.0592. The zero-order valence-electron chi connectivity index (χ0n) is 14.4. The number of pyridine rings is 1. The minimum Gasteiger partial charge on any atom is -0.489 e. The Morgan fingerprint density at radius 1 is 1.38 bits per heavy atom. The van der Waals surface area contributed by atoms with Crippen LogP contribution in [0.15, 0.2) is 36.5 Å². The van der Waals surface area contributed by atoms with Gasteiger partial charge in [-0.1, -0.05) is 6.07 Å². The van der Waals surface area contributed by atoms with Gasteiger partial charge in [0, 0.05) is 18.3 Å². The normalized spacial score (nSPS) is 16.5. The van der Waals surface area contributed by atoms with Crippen LogP contribution >= 0.6 is 0 Å². The molecule has 1 aromatic heterocycles. The van der Waals surface area contributed by atoms with Crippen molar-refractivity contribution in [3.8, 4) is 5.75 Å². The predicted octanol–water partition coefficient (Wildman–Crippen LogP) is 2.31. The number of hydrogen-bond donors (Lipinski definition) is 1. The van der Waals surface area contributed by atoms with Gasteiger partial charge in [-0.05, 0) is 49.6 Å². The van der Waals surface area contributed by atoms with E-state index in [9.17, 15) is 14.0 Å². The van der Waals surface area contributed by atoms with Gasteiger partial charge in [-0.25, -0.2) is 9.37 Å². The summed E-state index contributed by atoms with van der Waals surface area (Å²) in [6.07, 6.45) is 3.07. The van der Waals surface area contributed by atoms with Crippen LogP contribution in [0.1, 0.15) is 39.3 Å². The second-order valence-electron chi connectivity index (χ2n) is 6.28. The molecule has 1 saturated heterocycles. The van der Waals surface area contributed by atoms with Crippen molar-refractivity contribution < 1.29 is 18.7 Å². The first kappa shape index (κ1) is 17.8. The van der Waals surface area contributed by atoms with Crippen molar-refractivity contribution in [3.63, 3.8) is 0 Å². The summed E-state index contributed by atoms with van der Waals surface area (Å²) < 4.78 is 19.5. The molecule has 26 heavy (non-hydrogen) atoms. The highest BCUT2D eigenvalue weighted by molar-refractivity contribution is 5.95. The number of nitrogens with zero attached hydrogens (tertiary/aromatic N) is 2. The predicted molar refractivity (Wildman–Crippen MR) is 93.4 cm³/mol. The molecule has 2 heterocycles. The maximum Gasteiger partial charge on any atom is 0.271 e. The van der Waals surface area contributed by atoms with Gasteiger partial charge in [-0.3, -0.25) is 9.59 Å². The van der Waals surface area contributed by atoms with Crippen LogP contribution in [0.5, 0.6) is 5.75 Å². The molecule has 0 aliphatic carbocycles. The number of halogens is 1. The van der Waals surface area contributed by atoms with Gasteiger partial charge in [-0.15, -0.1) is 0 Å². The van der Waals surface area contributed by atoms with E-state index in [1.54, 1.807) is 36.1 Å². The van der Waals surface area contributed by atoms with Crippen molar-refractivity contribution >= 4 is 11.8 Å². The summed E-state index contributed by atoms with van der Waals surface area (Å²) in [5.74, 6) is -1.00. The number of carbonyl (C=O) groups is 2. The van der Waals surface area contributed by atoms with Gasteiger partial charge in [0.2, 0.25) is 0 Å².